The van der Waals surface area contributed by atoms with E-state index < -0.39 is 0 Å². The summed E-state index contributed by atoms with van der Waals surface area (Å²) in [5.41, 5.74) is 6.28. The van der Waals surface area contributed by atoms with E-state index in [1.54, 1.807) is 6.33 Å². The van der Waals surface area contributed by atoms with Gasteiger partial charge < -0.3 is 10.3 Å². The van der Waals surface area contributed by atoms with Crippen LogP contribution in [0.5, 0.6) is 0 Å². The second kappa shape index (κ2) is 7.39. The van der Waals surface area contributed by atoms with E-state index in [1.165, 1.54) is 6.33 Å². The maximum absolute atomic E-state index is 6.55. The van der Waals surface area contributed by atoms with Crippen molar-refractivity contribution in [1.82, 2.24) is 24.9 Å². The molecule has 0 fully saturated rings. The van der Waals surface area contributed by atoms with Gasteiger partial charge in [-0.2, -0.15) is 0 Å². The molecule has 0 saturated carbocycles. The Morgan fingerprint density at radius 2 is 1.87 bits per heavy atom. The first-order chi connectivity index (χ1) is 14.6. The van der Waals surface area contributed by atoms with Crippen molar-refractivity contribution < 1.29 is 0 Å². The normalized spacial score (nSPS) is 12.4. The Morgan fingerprint density at radius 1 is 1.00 bits per heavy atom. The molecule has 2 aromatic carbocycles. The predicted octanol–water partition coefficient (Wildman–Crippen LogP) is 5.70. The number of pyridine rings is 1. The summed E-state index contributed by atoms with van der Waals surface area (Å²) in [7, 11) is 0. The molecular weight excluding hydrogens is 396 g/mol. The lowest BCUT2D eigenvalue weighted by molar-refractivity contribution is 0.873. The van der Waals surface area contributed by atoms with Crippen molar-refractivity contribution in [3.63, 3.8) is 0 Å². The molecule has 0 radical (unpaired) electrons. The van der Waals surface area contributed by atoms with Gasteiger partial charge in [-0.15, -0.1) is 0 Å². The van der Waals surface area contributed by atoms with Crippen LogP contribution in [0.2, 0.25) is 5.02 Å². The molecule has 0 aliphatic heterocycles. The number of halogens is 1. The van der Waals surface area contributed by atoms with E-state index in [4.69, 9.17) is 16.6 Å². The zero-order valence-electron chi connectivity index (χ0n) is 16.5. The minimum atomic E-state index is -0.0940. The van der Waals surface area contributed by atoms with E-state index in [9.17, 15) is 0 Å². The van der Waals surface area contributed by atoms with E-state index in [2.05, 4.69) is 57.3 Å². The second-order valence-electron chi connectivity index (χ2n) is 7.24. The van der Waals surface area contributed by atoms with E-state index in [-0.39, 0.29) is 6.04 Å². The van der Waals surface area contributed by atoms with Crippen molar-refractivity contribution in [2.45, 2.75) is 19.9 Å². The molecule has 2 N–H and O–H groups in total. The quantitative estimate of drug-likeness (QED) is 0.394. The Bertz CT molecular complexity index is 1380. The van der Waals surface area contributed by atoms with Crippen LogP contribution in [-0.2, 0) is 0 Å². The molecule has 3 aromatic heterocycles. The van der Waals surface area contributed by atoms with Gasteiger partial charge in [0, 0.05) is 21.5 Å². The van der Waals surface area contributed by atoms with Gasteiger partial charge in [0.05, 0.1) is 23.6 Å². The van der Waals surface area contributed by atoms with E-state index in [1.807, 2.05) is 30.3 Å². The lowest BCUT2D eigenvalue weighted by atomic mass is 9.97. The number of fused-ring (bicyclic) bond motifs is 2. The Morgan fingerprint density at radius 3 is 2.73 bits per heavy atom. The maximum atomic E-state index is 6.55. The van der Waals surface area contributed by atoms with Crippen molar-refractivity contribution in [3.05, 3.63) is 77.3 Å². The average Bonchev–Trinajstić information content (AvgIpc) is 3.24. The van der Waals surface area contributed by atoms with E-state index in [0.717, 1.165) is 33.3 Å². The summed E-state index contributed by atoms with van der Waals surface area (Å²) in [4.78, 5) is 21.0. The first-order valence-electron chi connectivity index (χ1n) is 9.67. The summed E-state index contributed by atoms with van der Waals surface area (Å²) >= 11 is 6.55. The highest BCUT2D eigenvalue weighted by Gasteiger charge is 2.19. The Labute approximate surface area is 178 Å². The standard InChI is InChI=1S/C23H19ClN6/c1-13-6-5-7-15-10-17(20(30-19(13)15)16-8-3-4-9-18(16)24)14(2)29-23-21-22(26-11-25-21)27-12-28-23/h3-12,14H,1-2H3,(H2,25,26,27,28,29). The van der Waals surface area contributed by atoms with Gasteiger partial charge in [-0.3, -0.25) is 0 Å². The summed E-state index contributed by atoms with van der Waals surface area (Å²) < 4.78 is 0. The predicted molar refractivity (Wildman–Crippen MR) is 121 cm³/mol. The molecule has 1 unspecified atom stereocenters. The van der Waals surface area contributed by atoms with Crippen LogP contribution in [0.4, 0.5) is 5.82 Å². The number of nitrogens with zero attached hydrogens (tertiary/aromatic N) is 4. The molecule has 30 heavy (non-hydrogen) atoms. The number of imidazole rings is 1. The van der Waals surface area contributed by atoms with Gasteiger partial charge in [0.25, 0.3) is 0 Å². The number of para-hydroxylation sites is 1. The molecule has 7 heteroatoms. The molecule has 0 amide bonds. The monoisotopic (exact) mass is 414 g/mol. The van der Waals surface area contributed by atoms with Crippen LogP contribution < -0.4 is 5.32 Å². The van der Waals surface area contributed by atoms with Gasteiger partial charge >= 0.3 is 0 Å². The highest BCUT2D eigenvalue weighted by atomic mass is 35.5. The number of aromatic nitrogens is 5. The van der Waals surface area contributed by atoms with Crippen molar-refractivity contribution in [2.75, 3.05) is 5.32 Å². The molecule has 0 spiro atoms. The summed E-state index contributed by atoms with van der Waals surface area (Å²) in [6.45, 7) is 4.15. The Hall–Kier alpha value is -3.51. The number of aromatic amines is 1. The summed E-state index contributed by atoms with van der Waals surface area (Å²) in [6.07, 6.45) is 3.14. The highest BCUT2D eigenvalue weighted by Crippen LogP contribution is 2.35. The molecule has 1 atom stereocenters. The van der Waals surface area contributed by atoms with Crippen molar-refractivity contribution in [3.8, 4) is 11.3 Å². The van der Waals surface area contributed by atoms with Crippen molar-refractivity contribution in [1.29, 1.82) is 0 Å². The number of rotatable bonds is 4. The third-order valence-electron chi connectivity index (χ3n) is 5.24. The molecule has 0 aliphatic rings. The zero-order valence-corrected chi connectivity index (χ0v) is 17.3. The van der Waals surface area contributed by atoms with Crippen molar-refractivity contribution >= 4 is 39.5 Å². The van der Waals surface area contributed by atoms with Crippen LogP contribution in [0.15, 0.2) is 61.2 Å². The fourth-order valence-corrected chi connectivity index (χ4v) is 3.94. The topological polar surface area (TPSA) is 79.4 Å². The van der Waals surface area contributed by atoms with Gasteiger partial charge in [-0.25, -0.2) is 19.9 Å². The SMILES string of the molecule is Cc1cccc2cc(C(C)Nc3ncnc4[nH]cnc34)c(-c3ccccc3Cl)nc12. The fourth-order valence-electron chi connectivity index (χ4n) is 3.72. The van der Waals surface area contributed by atoms with Crippen molar-refractivity contribution in [2.24, 2.45) is 0 Å². The maximum Gasteiger partial charge on any atom is 0.162 e. The van der Waals surface area contributed by atoms with Gasteiger partial charge in [0.1, 0.15) is 11.8 Å². The third kappa shape index (κ3) is 3.15. The number of H-pyrrole nitrogens is 1. The second-order valence-corrected chi connectivity index (χ2v) is 7.65. The molecule has 148 valence electrons. The molecule has 5 rings (SSSR count). The first-order valence-corrected chi connectivity index (χ1v) is 10.1. The van der Waals surface area contributed by atoms with Crippen LogP contribution in [0.25, 0.3) is 33.3 Å². The smallest absolute Gasteiger partial charge is 0.162 e. The molecule has 0 saturated heterocycles. The molecule has 5 aromatic rings. The Balaban J connectivity index is 1.68. The molecular formula is C23H19ClN6. The third-order valence-corrected chi connectivity index (χ3v) is 5.57. The minimum absolute atomic E-state index is 0.0940. The zero-order chi connectivity index (χ0) is 20.7. The van der Waals surface area contributed by atoms with Gasteiger partial charge in [0.15, 0.2) is 11.5 Å². The van der Waals surface area contributed by atoms with Crippen LogP contribution in [0, 0.1) is 6.92 Å². The molecule has 3 heterocycles. The lowest BCUT2D eigenvalue weighted by Gasteiger charge is -2.20. The number of nitrogens with one attached hydrogen (secondary N) is 2. The van der Waals surface area contributed by atoms with Gasteiger partial charge in [-0.05, 0) is 31.5 Å². The van der Waals surface area contributed by atoms with E-state index in [0.29, 0.717) is 22.0 Å². The molecule has 0 aliphatic carbocycles. The lowest BCUT2D eigenvalue weighted by Crippen LogP contribution is -2.11. The number of hydrogen-bond donors (Lipinski definition) is 2. The molecule has 6 nitrogen and oxygen atoms in total. The largest absolute Gasteiger partial charge is 0.362 e. The average molecular weight is 415 g/mol. The summed E-state index contributed by atoms with van der Waals surface area (Å²) in [6, 6.07) is 16.1. The first kappa shape index (κ1) is 18.5. The number of aryl methyl sites for hydroxylation is 1. The Kier molecular flexibility index (Phi) is 4.56. The van der Waals surface area contributed by atoms with Crippen LogP contribution >= 0.6 is 11.6 Å². The number of hydrogen-bond acceptors (Lipinski definition) is 5. The summed E-state index contributed by atoms with van der Waals surface area (Å²) in [5, 5.41) is 5.23. The minimum Gasteiger partial charge on any atom is -0.362 e. The van der Waals surface area contributed by atoms with Crippen LogP contribution in [-0.4, -0.2) is 24.9 Å². The summed E-state index contributed by atoms with van der Waals surface area (Å²) in [5.74, 6) is 0.670. The van der Waals surface area contributed by atoms with Crippen LogP contribution in [0.3, 0.4) is 0 Å². The highest BCUT2D eigenvalue weighted by molar-refractivity contribution is 6.33. The number of anilines is 1. The van der Waals surface area contributed by atoms with Gasteiger partial charge in [-0.1, -0.05) is 48.0 Å². The van der Waals surface area contributed by atoms with E-state index >= 15 is 0 Å². The van der Waals surface area contributed by atoms with Crippen LogP contribution in [0.1, 0.15) is 24.1 Å². The fraction of sp³-hybridized carbons (Fsp3) is 0.130. The van der Waals surface area contributed by atoms with Gasteiger partial charge in [0.2, 0.25) is 0 Å². The number of benzene rings is 2. The molecule has 0 bridgehead atoms.